The Balaban J connectivity index is 1.56. The summed E-state index contributed by atoms with van der Waals surface area (Å²) in [6.07, 6.45) is 2.71. The van der Waals surface area contributed by atoms with Crippen LogP contribution in [0.1, 0.15) is 38.7 Å². The lowest BCUT2D eigenvalue weighted by atomic mass is 9.83. The lowest BCUT2D eigenvalue weighted by Crippen LogP contribution is -2.15. The van der Waals surface area contributed by atoms with Gasteiger partial charge in [-0.2, -0.15) is 0 Å². The van der Waals surface area contributed by atoms with E-state index in [4.69, 9.17) is 14.7 Å². The highest BCUT2D eigenvalue weighted by atomic mass is 32.1. The molecule has 4 heterocycles. The number of nitrogens with zero attached hydrogens (tertiary/aromatic N) is 3. The predicted molar refractivity (Wildman–Crippen MR) is 137 cm³/mol. The summed E-state index contributed by atoms with van der Waals surface area (Å²) in [7, 11) is 1.33. The third kappa shape index (κ3) is 2.89. The predicted octanol–water partition coefficient (Wildman–Crippen LogP) is 5.00. The van der Waals surface area contributed by atoms with Crippen molar-refractivity contribution in [3.05, 3.63) is 86.5 Å². The molecule has 8 heteroatoms. The molecule has 0 bridgehead atoms. The Labute approximate surface area is 203 Å². The van der Waals surface area contributed by atoms with Gasteiger partial charge in [0.1, 0.15) is 21.6 Å². The minimum atomic E-state index is -0.553. The number of nitrogens with one attached hydrogen (secondary N) is 1. The number of carbonyl (C=O) groups excluding carboxylic acids is 1. The van der Waals surface area contributed by atoms with Gasteiger partial charge in [0.2, 0.25) is 0 Å². The molecule has 0 radical (unpaired) electrons. The smallest absolute Gasteiger partial charge is 0.343 e. The molecule has 1 aliphatic rings. The minimum Gasteiger partial charge on any atom is -0.465 e. The van der Waals surface area contributed by atoms with Crippen LogP contribution in [-0.4, -0.2) is 32.4 Å². The number of thiophene rings is 1. The number of aromatic nitrogens is 4. The van der Waals surface area contributed by atoms with Crippen LogP contribution in [0.5, 0.6) is 0 Å². The van der Waals surface area contributed by atoms with Crippen molar-refractivity contribution in [1.29, 1.82) is 0 Å². The first kappa shape index (κ1) is 20.3. The fraction of sp³-hybridized carbons (Fsp3) is 0.185. The van der Waals surface area contributed by atoms with E-state index in [-0.39, 0.29) is 11.1 Å². The van der Waals surface area contributed by atoms with Crippen LogP contribution < -0.4 is 5.56 Å². The van der Waals surface area contributed by atoms with Crippen LogP contribution in [0.2, 0.25) is 0 Å². The van der Waals surface area contributed by atoms with E-state index in [1.807, 2.05) is 34.7 Å². The lowest BCUT2D eigenvalue weighted by molar-refractivity contribution is 0.0604. The van der Waals surface area contributed by atoms with Crippen molar-refractivity contribution in [2.75, 3.05) is 7.11 Å². The SMILES string of the molecule is COC(=O)c1c2nc3ccccc3nc2n2c1[nH]c(=O)c1c3c(sc12)C[C@H](c1ccccc1)CC3. The van der Waals surface area contributed by atoms with E-state index in [1.54, 1.807) is 11.3 Å². The van der Waals surface area contributed by atoms with Gasteiger partial charge in [-0.05, 0) is 48.4 Å². The quantitative estimate of drug-likeness (QED) is 0.353. The second-order valence-corrected chi connectivity index (χ2v) is 10.0. The van der Waals surface area contributed by atoms with E-state index < -0.39 is 5.97 Å². The van der Waals surface area contributed by atoms with Crippen LogP contribution in [0, 0.1) is 0 Å². The van der Waals surface area contributed by atoms with Crippen molar-refractivity contribution < 1.29 is 9.53 Å². The van der Waals surface area contributed by atoms with E-state index in [0.717, 1.165) is 35.2 Å². The standard InChI is InChI=1S/C27H20N4O3S/c1-34-27(33)21-22-24(29-18-10-6-5-9-17(18)28-22)31-23(21)30-25(32)20-16-12-11-15(13-19(16)35-26(20)31)14-7-3-2-4-8-14/h2-10,15H,11-13H2,1H3,(H,30,32)/t15-/m1/s1. The maximum Gasteiger partial charge on any atom is 0.343 e. The van der Waals surface area contributed by atoms with E-state index >= 15 is 0 Å². The molecule has 6 aromatic rings. The molecule has 2 aromatic carbocycles. The Hall–Kier alpha value is -4.04. The van der Waals surface area contributed by atoms with Crippen LogP contribution in [0.25, 0.3) is 38.1 Å². The number of esters is 1. The molecule has 7 rings (SSSR count). The van der Waals surface area contributed by atoms with E-state index in [1.165, 1.54) is 17.6 Å². The fourth-order valence-electron chi connectivity index (χ4n) is 5.40. The monoisotopic (exact) mass is 480 g/mol. The number of hydrogen-bond acceptors (Lipinski definition) is 6. The Bertz CT molecular complexity index is 1870. The molecular formula is C27H20N4O3S. The second-order valence-electron chi connectivity index (χ2n) is 8.92. The Morgan fingerprint density at radius 3 is 2.60 bits per heavy atom. The zero-order valence-electron chi connectivity index (χ0n) is 18.9. The van der Waals surface area contributed by atoms with Crippen LogP contribution in [0.15, 0.2) is 59.4 Å². The maximum absolute atomic E-state index is 13.4. The third-order valence-electron chi connectivity index (χ3n) is 7.03. The van der Waals surface area contributed by atoms with Gasteiger partial charge in [0.15, 0.2) is 5.65 Å². The van der Waals surface area contributed by atoms with Gasteiger partial charge in [-0.25, -0.2) is 14.8 Å². The molecule has 0 spiro atoms. The summed E-state index contributed by atoms with van der Waals surface area (Å²) in [5.74, 6) is -0.135. The first-order valence-electron chi connectivity index (χ1n) is 11.5. The van der Waals surface area contributed by atoms with Crippen LogP contribution in [-0.2, 0) is 17.6 Å². The summed E-state index contributed by atoms with van der Waals surface area (Å²) in [5.41, 5.74) is 5.20. The number of rotatable bonds is 2. The largest absolute Gasteiger partial charge is 0.465 e. The second kappa shape index (κ2) is 7.48. The molecule has 1 N–H and O–H groups in total. The molecule has 0 saturated carbocycles. The molecule has 35 heavy (non-hydrogen) atoms. The van der Waals surface area contributed by atoms with Crippen molar-refractivity contribution in [2.45, 2.75) is 25.2 Å². The summed E-state index contributed by atoms with van der Waals surface area (Å²) in [5, 5.41) is 0.687. The number of aryl methyl sites for hydroxylation is 1. The molecule has 0 aliphatic heterocycles. The summed E-state index contributed by atoms with van der Waals surface area (Å²) in [6, 6.07) is 18.1. The van der Waals surface area contributed by atoms with Gasteiger partial charge in [0.25, 0.3) is 5.56 Å². The molecular weight excluding hydrogens is 460 g/mol. The Morgan fingerprint density at radius 2 is 1.83 bits per heavy atom. The molecule has 0 fully saturated rings. The molecule has 172 valence electrons. The van der Waals surface area contributed by atoms with Crippen LogP contribution >= 0.6 is 11.3 Å². The number of aromatic amines is 1. The maximum atomic E-state index is 13.4. The lowest BCUT2D eigenvalue weighted by Gasteiger charge is -2.22. The van der Waals surface area contributed by atoms with Crippen molar-refractivity contribution in [3.8, 4) is 0 Å². The average Bonchev–Trinajstić information content (AvgIpc) is 3.42. The van der Waals surface area contributed by atoms with Gasteiger partial charge in [-0.3, -0.25) is 9.20 Å². The Morgan fingerprint density at radius 1 is 1.09 bits per heavy atom. The summed E-state index contributed by atoms with van der Waals surface area (Å²) in [6.45, 7) is 0. The van der Waals surface area contributed by atoms with Crippen molar-refractivity contribution >= 4 is 55.4 Å². The first-order valence-corrected chi connectivity index (χ1v) is 12.4. The number of benzene rings is 2. The molecule has 4 aromatic heterocycles. The number of ether oxygens (including phenoxy) is 1. The molecule has 0 amide bonds. The fourth-order valence-corrected chi connectivity index (χ4v) is 6.83. The number of carbonyl (C=O) groups is 1. The third-order valence-corrected chi connectivity index (χ3v) is 8.27. The molecule has 0 unspecified atom stereocenters. The average molecular weight is 481 g/mol. The van der Waals surface area contributed by atoms with Crippen molar-refractivity contribution in [1.82, 2.24) is 19.4 Å². The molecule has 0 saturated heterocycles. The number of fused-ring (bicyclic) bond motifs is 8. The zero-order chi connectivity index (χ0) is 23.7. The van der Waals surface area contributed by atoms with E-state index in [9.17, 15) is 9.59 Å². The topological polar surface area (TPSA) is 89.3 Å². The van der Waals surface area contributed by atoms with Gasteiger partial charge in [-0.1, -0.05) is 42.5 Å². The highest BCUT2D eigenvalue weighted by Gasteiger charge is 2.30. The van der Waals surface area contributed by atoms with E-state index in [0.29, 0.717) is 33.6 Å². The number of para-hydroxylation sites is 2. The highest BCUT2D eigenvalue weighted by molar-refractivity contribution is 7.19. The molecule has 7 nitrogen and oxygen atoms in total. The summed E-state index contributed by atoms with van der Waals surface area (Å²) in [4.78, 5) is 40.9. The minimum absolute atomic E-state index is 0.194. The van der Waals surface area contributed by atoms with Crippen LogP contribution in [0.4, 0.5) is 0 Å². The Kier molecular flexibility index (Phi) is 4.35. The van der Waals surface area contributed by atoms with Gasteiger partial charge >= 0.3 is 5.97 Å². The van der Waals surface area contributed by atoms with Crippen LogP contribution in [0.3, 0.4) is 0 Å². The number of H-pyrrole nitrogens is 1. The van der Waals surface area contributed by atoms with Gasteiger partial charge in [0.05, 0.1) is 23.5 Å². The highest BCUT2D eigenvalue weighted by Crippen LogP contribution is 2.41. The molecule has 1 aliphatic carbocycles. The van der Waals surface area contributed by atoms with Crippen molar-refractivity contribution in [2.24, 2.45) is 0 Å². The van der Waals surface area contributed by atoms with E-state index in [2.05, 4.69) is 29.2 Å². The zero-order valence-corrected chi connectivity index (χ0v) is 19.7. The normalized spacial score (nSPS) is 15.7. The van der Waals surface area contributed by atoms with Crippen molar-refractivity contribution in [3.63, 3.8) is 0 Å². The first-order chi connectivity index (χ1) is 17.1. The summed E-state index contributed by atoms with van der Waals surface area (Å²) >= 11 is 1.62. The molecule has 1 atom stereocenters. The van der Waals surface area contributed by atoms with Gasteiger partial charge < -0.3 is 9.72 Å². The van der Waals surface area contributed by atoms with Gasteiger partial charge in [-0.15, -0.1) is 11.3 Å². The number of hydrogen-bond donors (Lipinski definition) is 1. The van der Waals surface area contributed by atoms with Gasteiger partial charge in [0, 0.05) is 4.88 Å². The number of methoxy groups -OCH3 is 1. The summed E-state index contributed by atoms with van der Waals surface area (Å²) < 4.78 is 6.97.